The molecule has 4 rings (SSSR count). The van der Waals surface area contributed by atoms with Crippen molar-refractivity contribution in [3.63, 3.8) is 0 Å². The number of rotatable bonds is 4. The van der Waals surface area contributed by atoms with Crippen molar-refractivity contribution < 1.29 is 8.42 Å². The van der Waals surface area contributed by atoms with Gasteiger partial charge >= 0.3 is 0 Å². The Kier molecular flexibility index (Phi) is 4.97. The average molecular weight is 386 g/mol. The lowest BCUT2D eigenvalue weighted by molar-refractivity contribution is 0.251. The van der Waals surface area contributed by atoms with Crippen LogP contribution in [0.1, 0.15) is 25.8 Å². The summed E-state index contributed by atoms with van der Waals surface area (Å²) in [5.74, 6) is 0. The first-order valence-electron chi connectivity index (χ1n) is 9.60. The van der Waals surface area contributed by atoms with Crippen molar-refractivity contribution in [1.82, 2.24) is 9.62 Å². The molecule has 2 aromatic carbocycles. The van der Waals surface area contributed by atoms with Gasteiger partial charge in [0.2, 0.25) is 10.0 Å². The highest BCUT2D eigenvalue weighted by Crippen LogP contribution is 2.33. The van der Waals surface area contributed by atoms with Crippen LogP contribution in [0.15, 0.2) is 59.5 Å². The van der Waals surface area contributed by atoms with Gasteiger partial charge in [0, 0.05) is 43.4 Å². The van der Waals surface area contributed by atoms with Crippen LogP contribution in [-0.4, -0.2) is 44.5 Å². The Bertz CT molecular complexity index is 899. The second-order valence-corrected chi connectivity index (χ2v) is 9.54. The molecule has 0 saturated carbocycles. The van der Waals surface area contributed by atoms with Gasteiger partial charge in [-0.3, -0.25) is 4.90 Å². The molecule has 2 aliphatic rings. The van der Waals surface area contributed by atoms with Gasteiger partial charge in [-0.25, -0.2) is 13.1 Å². The average Bonchev–Trinajstić information content (AvgIpc) is 2.93. The van der Waals surface area contributed by atoms with E-state index in [0.29, 0.717) is 17.0 Å². The third-order valence-electron chi connectivity index (χ3n) is 5.61. The number of benzene rings is 2. The van der Waals surface area contributed by atoms with Gasteiger partial charge in [0.25, 0.3) is 0 Å². The minimum Gasteiger partial charge on any atom is -0.367 e. The molecule has 2 heterocycles. The number of nitrogens with zero attached hydrogens (tertiary/aromatic N) is 2. The van der Waals surface area contributed by atoms with Crippen LogP contribution in [-0.2, 0) is 16.6 Å². The van der Waals surface area contributed by atoms with Crippen molar-refractivity contribution in [2.24, 2.45) is 0 Å². The summed E-state index contributed by atoms with van der Waals surface area (Å²) in [6.07, 6.45) is 0.837. The number of fused-ring (bicyclic) bond motifs is 2. The molecule has 0 unspecified atom stereocenters. The standard InChI is InChI=1S/C21H27N3O2S/c1-16(2)24-15-19-12-18(22-27(25,26)20-9-4-3-5-10-20)14-23(19)13-17-8-6-7-11-21(17)24/h3-11,16,18-19,22H,12-15H2,1-2H3/t18-,19-/m0/s1. The molecule has 0 aliphatic carbocycles. The largest absolute Gasteiger partial charge is 0.367 e. The maximum absolute atomic E-state index is 12.7. The summed E-state index contributed by atoms with van der Waals surface area (Å²) < 4.78 is 28.3. The number of anilines is 1. The molecule has 2 aliphatic heterocycles. The summed E-state index contributed by atoms with van der Waals surface area (Å²) in [4.78, 5) is 5.22. The first kappa shape index (κ1) is 18.5. The predicted molar refractivity (Wildman–Crippen MR) is 108 cm³/mol. The van der Waals surface area contributed by atoms with Crippen molar-refractivity contribution in [3.8, 4) is 0 Å². The molecule has 27 heavy (non-hydrogen) atoms. The Morgan fingerprint density at radius 2 is 1.70 bits per heavy atom. The molecule has 2 aromatic rings. The Balaban J connectivity index is 1.54. The highest BCUT2D eigenvalue weighted by molar-refractivity contribution is 7.89. The van der Waals surface area contributed by atoms with E-state index in [4.69, 9.17) is 0 Å². The molecule has 5 nitrogen and oxygen atoms in total. The van der Waals surface area contributed by atoms with E-state index in [9.17, 15) is 8.42 Å². The van der Waals surface area contributed by atoms with Crippen molar-refractivity contribution in [2.45, 2.75) is 49.8 Å². The number of hydrogen-bond acceptors (Lipinski definition) is 4. The van der Waals surface area contributed by atoms with Gasteiger partial charge < -0.3 is 4.90 Å². The maximum atomic E-state index is 12.7. The van der Waals surface area contributed by atoms with Gasteiger partial charge in [0.1, 0.15) is 0 Å². The Hall–Kier alpha value is -1.89. The summed E-state index contributed by atoms with van der Waals surface area (Å²) in [6, 6.07) is 17.9. The van der Waals surface area contributed by atoms with Crippen LogP contribution in [0.3, 0.4) is 0 Å². The summed E-state index contributed by atoms with van der Waals surface area (Å²) >= 11 is 0. The molecular weight excluding hydrogens is 358 g/mol. The van der Waals surface area contributed by atoms with Crippen molar-refractivity contribution in [3.05, 3.63) is 60.2 Å². The highest BCUT2D eigenvalue weighted by Gasteiger charge is 2.38. The third-order valence-corrected chi connectivity index (χ3v) is 7.14. The molecule has 0 aromatic heterocycles. The van der Waals surface area contributed by atoms with E-state index in [1.165, 1.54) is 11.3 Å². The summed E-state index contributed by atoms with van der Waals surface area (Å²) in [7, 11) is -3.48. The fraction of sp³-hybridized carbons (Fsp3) is 0.429. The van der Waals surface area contributed by atoms with Gasteiger partial charge in [-0.1, -0.05) is 36.4 Å². The fourth-order valence-corrected chi connectivity index (χ4v) is 5.56. The molecule has 144 valence electrons. The molecule has 0 bridgehead atoms. The van der Waals surface area contributed by atoms with E-state index in [0.717, 1.165) is 26.1 Å². The minimum atomic E-state index is -3.48. The third kappa shape index (κ3) is 3.74. The molecule has 0 spiro atoms. The first-order chi connectivity index (χ1) is 12.9. The van der Waals surface area contributed by atoms with E-state index < -0.39 is 10.0 Å². The van der Waals surface area contributed by atoms with E-state index in [1.807, 2.05) is 6.07 Å². The van der Waals surface area contributed by atoms with Crippen LogP contribution < -0.4 is 9.62 Å². The summed E-state index contributed by atoms with van der Waals surface area (Å²) in [5.41, 5.74) is 2.63. The Labute approximate surface area is 162 Å². The van der Waals surface area contributed by atoms with Gasteiger partial charge in [0.15, 0.2) is 0 Å². The maximum Gasteiger partial charge on any atom is 0.240 e. The zero-order chi connectivity index (χ0) is 19.0. The number of nitrogens with one attached hydrogen (secondary N) is 1. The molecule has 2 atom stereocenters. The van der Waals surface area contributed by atoms with Crippen molar-refractivity contribution >= 4 is 15.7 Å². The Morgan fingerprint density at radius 1 is 1.00 bits per heavy atom. The minimum absolute atomic E-state index is 0.0560. The van der Waals surface area contributed by atoms with Gasteiger partial charge in [-0.15, -0.1) is 0 Å². The van der Waals surface area contributed by atoms with Crippen LogP contribution in [0.4, 0.5) is 5.69 Å². The predicted octanol–water partition coefficient (Wildman–Crippen LogP) is 2.84. The first-order valence-corrected chi connectivity index (χ1v) is 11.1. The second-order valence-electron chi connectivity index (χ2n) is 7.83. The number of sulfonamides is 1. The molecule has 1 N–H and O–H groups in total. The quantitative estimate of drug-likeness (QED) is 0.879. The van der Waals surface area contributed by atoms with E-state index in [1.54, 1.807) is 24.3 Å². The van der Waals surface area contributed by atoms with Crippen LogP contribution in [0, 0.1) is 0 Å². The number of hydrogen-bond donors (Lipinski definition) is 1. The van der Waals surface area contributed by atoms with E-state index >= 15 is 0 Å². The highest BCUT2D eigenvalue weighted by atomic mass is 32.2. The number of para-hydroxylation sites is 1. The SMILES string of the molecule is CC(C)N1C[C@@H]2C[C@H](NS(=O)(=O)c3ccccc3)CN2Cc2ccccc21. The smallest absolute Gasteiger partial charge is 0.240 e. The van der Waals surface area contributed by atoms with Crippen molar-refractivity contribution in [1.29, 1.82) is 0 Å². The molecule has 6 heteroatoms. The van der Waals surface area contributed by atoms with Gasteiger partial charge in [-0.2, -0.15) is 0 Å². The van der Waals surface area contributed by atoms with E-state index in [2.05, 4.69) is 52.6 Å². The topological polar surface area (TPSA) is 52.7 Å². The Morgan fingerprint density at radius 3 is 2.44 bits per heavy atom. The monoisotopic (exact) mass is 385 g/mol. The molecular formula is C21H27N3O2S. The normalized spacial score (nSPS) is 23.1. The van der Waals surface area contributed by atoms with Crippen LogP contribution >= 0.6 is 0 Å². The second kappa shape index (κ2) is 7.26. The molecule has 1 fully saturated rings. The van der Waals surface area contributed by atoms with Gasteiger partial charge in [-0.05, 0) is 44.0 Å². The lowest BCUT2D eigenvalue weighted by atomic mass is 10.1. The van der Waals surface area contributed by atoms with Crippen LogP contribution in [0.5, 0.6) is 0 Å². The molecule has 1 saturated heterocycles. The van der Waals surface area contributed by atoms with E-state index in [-0.39, 0.29) is 6.04 Å². The summed E-state index contributed by atoms with van der Waals surface area (Å²) in [5, 5.41) is 0. The summed E-state index contributed by atoms with van der Waals surface area (Å²) in [6.45, 7) is 6.98. The lowest BCUT2D eigenvalue weighted by Crippen LogP contribution is -2.40. The molecule has 0 radical (unpaired) electrons. The zero-order valence-corrected chi connectivity index (χ0v) is 16.7. The van der Waals surface area contributed by atoms with Crippen LogP contribution in [0.25, 0.3) is 0 Å². The fourth-order valence-electron chi connectivity index (χ4n) is 4.30. The zero-order valence-electron chi connectivity index (χ0n) is 15.9. The van der Waals surface area contributed by atoms with Crippen LogP contribution in [0.2, 0.25) is 0 Å². The lowest BCUT2D eigenvalue weighted by Gasteiger charge is -2.31. The van der Waals surface area contributed by atoms with Crippen molar-refractivity contribution in [2.75, 3.05) is 18.0 Å². The van der Waals surface area contributed by atoms with Gasteiger partial charge in [0.05, 0.1) is 4.90 Å². The molecule has 0 amide bonds.